The second-order valence-corrected chi connectivity index (χ2v) is 9.64. The molecule has 2 heterocycles. The lowest BCUT2D eigenvalue weighted by molar-refractivity contribution is 0.102. The Morgan fingerprint density at radius 1 is 0.829 bits per heavy atom. The minimum Gasteiger partial charge on any atom is -0.436 e. The fourth-order valence-corrected chi connectivity index (χ4v) is 4.41. The zero-order chi connectivity index (χ0) is 29.0. The van der Waals surface area contributed by atoms with Crippen LogP contribution >= 0.6 is 0 Å². The van der Waals surface area contributed by atoms with Crippen LogP contribution in [-0.4, -0.2) is 29.0 Å². The van der Waals surface area contributed by atoms with Crippen molar-refractivity contribution >= 4 is 17.3 Å². The maximum absolute atomic E-state index is 13.6. The maximum Gasteiger partial charge on any atom is 0.274 e. The van der Waals surface area contributed by atoms with Gasteiger partial charge in [0, 0.05) is 29.9 Å². The Labute approximate surface area is 243 Å². The molecule has 0 atom stereocenters. The number of para-hydroxylation sites is 1. The number of hydrogen-bond acceptors (Lipinski definition) is 5. The molecule has 5 rings (SSSR count). The molecule has 5 aromatic rings. The van der Waals surface area contributed by atoms with Gasteiger partial charge in [-0.1, -0.05) is 100.0 Å². The Morgan fingerprint density at radius 3 is 2.12 bits per heavy atom. The van der Waals surface area contributed by atoms with Gasteiger partial charge < -0.3 is 14.6 Å². The summed E-state index contributed by atoms with van der Waals surface area (Å²) in [5.74, 6) is 0.810. The fourth-order valence-electron chi connectivity index (χ4n) is 4.41. The summed E-state index contributed by atoms with van der Waals surface area (Å²) in [6.07, 6.45) is 3.96. The van der Waals surface area contributed by atoms with E-state index in [2.05, 4.69) is 49.0 Å². The van der Waals surface area contributed by atoms with E-state index >= 15 is 0 Å². The summed E-state index contributed by atoms with van der Waals surface area (Å²) in [4.78, 5) is 25.1. The van der Waals surface area contributed by atoms with Crippen LogP contribution in [0.2, 0.25) is 0 Å². The number of oxazole rings is 1. The minimum atomic E-state index is -0.293. The second kappa shape index (κ2) is 14.6. The molecule has 3 aromatic carbocycles. The normalized spacial score (nSPS) is 10.4. The predicted octanol–water partition coefficient (Wildman–Crippen LogP) is 8.98. The predicted molar refractivity (Wildman–Crippen MR) is 169 cm³/mol. The van der Waals surface area contributed by atoms with Gasteiger partial charge in [0.05, 0.1) is 23.1 Å². The molecule has 6 nitrogen and oxygen atoms in total. The third kappa shape index (κ3) is 7.48. The van der Waals surface area contributed by atoms with E-state index in [1.54, 1.807) is 6.20 Å². The number of amides is 1. The topological polar surface area (TPSA) is 71.3 Å². The van der Waals surface area contributed by atoms with Crippen molar-refractivity contribution in [1.29, 1.82) is 0 Å². The molecule has 0 spiro atoms. The Hall–Kier alpha value is -4.71. The molecule has 0 aliphatic carbocycles. The first kappa shape index (κ1) is 29.3. The summed E-state index contributed by atoms with van der Waals surface area (Å²) in [5, 5.41) is 3.05. The Kier molecular flexibility index (Phi) is 10.4. The van der Waals surface area contributed by atoms with Crippen LogP contribution in [0.25, 0.3) is 34.0 Å². The van der Waals surface area contributed by atoms with E-state index in [4.69, 9.17) is 9.40 Å². The summed E-state index contributed by atoms with van der Waals surface area (Å²) >= 11 is 0. The van der Waals surface area contributed by atoms with Crippen LogP contribution in [0.4, 0.5) is 11.4 Å². The smallest absolute Gasteiger partial charge is 0.274 e. The van der Waals surface area contributed by atoms with Crippen LogP contribution in [0.1, 0.15) is 51.0 Å². The van der Waals surface area contributed by atoms with Gasteiger partial charge in [0.15, 0.2) is 5.76 Å². The van der Waals surface area contributed by atoms with Crippen molar-refractivity contribution in [3.8, 4) is 34.0 Å². The Bertz CT molecular complexity index is 1530. The van der Waals surface area contributed by atoms with Crippen molar-refractivity contribution < 1.29 is 9.21 Å². The Balaban J connectivity index is 0.00000124. The van der Waals surface area contributed by atoms with Crippen LogP contribution < -0.4 is 10.2 Å². The molecule has 6 heteroatoms. The molecular weight excluding hydrogens is 508 g/mol. The minimum absolute atomic E-state index is 0.293. The number of rotatable bonds is 9. The molecule has 41 heavy (non-hydrogen) atoms. The molecule has 1 N–H and O–H groups in total. The molecule has 1 amide bonds. The number of nitrogens with one attached hydrogen (secondary N) is 1. The van der Waals surface area contributed by atoms with Gasteiger partial charge in [0.1, 0.15) is 5.69 Å². The molecule has 0 aliphatic heterocycles. The maximum atomic E-state index is 13.6. The van der Waals surface area contributed by atoms with E-state index in [1.165, 1.54) is 6.42 Å². The van der Waals surface area contributed by atoms with Crippen molar-refractivity contribution in [2.45, 2.75) is 40.5 Å². The average Bonchev–Trinajstić information content (AvgIpc) is 3.51. The lowest BCUT2D eigenvalue weighted by Gasteiger charge is -2.23. The molecule has 210 valence electrons. The molecule has 0 bridgehead atoms. The van der Waals surface area contributed by atoms with Crippen LogP contribution in [-0.2, 0) is 0 Å². The number of benzene rings is 3. The lowest BCUT2D eigenvalue weighted by atomic mass is 10.1. The number of pyridine rings is 1. The van der Waals surface area contributed by atoms with Crippen molar-refractivity contribution in [2.75, 3.05) is 23.3 Å². The van der Waals surface area contributed by atoms with Crippen LogP contribution in [0.5, 0.6) is 0 Å². The Morgan fingerprint density at radius 2 is 1.46 bits per heavy atom. The molecule has 0 saturated heterocycles. The lowest BCUT2D eigenvalue weighted by Crippen LogP contribution is -2.24. The zero-order valence-electron chi connectivity index (χ0n) is 24.3. The van der Waals surface area contributed by atoms with Crippen molar-refractivity contribution in [1.82, 2.24) is 9.97 Å². The van der Waals surface area contributed by atoms with Gasteiger partial charge in [-0.15, -0.1) is 0 Å². The van der Waals surface area contributed by atoms with Gasteiger partial charge in [0.25, 0.3) is 5.91 Å². The SMILES string of the molecule is CCC.CCCN(CC)c1cc(C(=O)Nc2ccccc2-c2ncc(-c3ccccc3)o2)nc(-c2ccccc2)c1. The van der Waals surface area contributed by atoms with Crippen molar-refractivity contribution in [2.24, 2.45) is 0 Å². The number of hydrogen-bond donors (Lipinski definition) is 1. The first-order valence-electron chi connectivity index (χ1n) is 14.3. The van der Waals surface area contributed by atoms with E-state index in [0.717, 1.165) is 42.0 Å². The summed E-state index contributed by atoms with van der Waals surface area (Å²) in [6.45, 7) is 10.3. The number of carbonyl (C=O) groups excluding carboxylic acids is 1. The van der Waals surface area contributed by atoms with Gasteiger partial charge in [-0.3, -0.25) is 4.79 Å². The standard InChI is InChI=1S/C32H30N4O2.C3H8/c1-3-19-36(4-2)25-20-28(23-13-7-5-8-14-23)34-29(21-25)31(37)35-27-18-12-11-17-26(27)32-33-22-30(38-32)24-15-9-6-10-16-24;1-3-2/h5-18,20-22H,3-4,19H2,1-2H3,(H,35,37);3H2,1-2H3. The van der Waals surface area contributed by atoms with Gasteiger partial charge >= 0.3 is 0 Å². The molecule has 0 aliphatic rings. The van der Waals surface area contributed by atoms with E-state index < -0.39 is 0 Å². The van der Waals surface area contributed by atoms with E-state index in [9.17, 15) is 4.79 Å². The van der Waals surface area contributed by atoms with E-state index in [-0.39, 0.29) is 5.91 Å². The highest BCUT2D eigenvalue weighted by Gasteiger charge is 2.18. The zero-order valence-corrected chi connectivity index (χ0v) is 24.3. The van der Waals surface area contributed by atoms with Gasteiger partial charge in [-0.2, -0.15) is 0 Å². The molecule has 0 unspecified atom stereocenters. The first-order valence-corrected chi connectivity index (χ1v) is 14.3. The third-order valence-corrected chi connectivity index (χ3v) is 6.32. The van der Waals surface area contributed by atoms with Crippen molar-refractivity contribution in [3.05, 3.63) is 109 Å². The molecule has 0 fully saturated rings. The van der Waals surface area contributed by atoms with Crippen LogP contribution in [0.3, 0.4) is 0 Å². The summed E-state index contributed by atoms with van der Waals surface area (Å²) < 4.78 is 6.07. The fraction of sp³-hybridized carbons (Fsp3) is 0.229. The molecule has 2 aromatic heterocycles. The summed E-state index contributed by atoms with van der Waals surface area (Å²) in [6, 6.07) is 31.2. The number of carbonyl (C=O) groups is 1. The van der Waals surface area contributed by atoms with Crippen LogP contribution in [0.15, 0.2) is 108 Å². The third-order valence-electron chi connectivity index (χ3n) is 6.32. The highest BCUT2D eigenvalue weighted by molar-refractivity contribution is 6.05. The summed E-state index contributed by atoms with van der Waals surface area (Å²) in [7, 11) is 0. The highest BCUT2D eigenvalue weighted by Crippen LogP contribution is 2.31. The van der Waals surface area contributed by atoms with Gasteiger partial charge in [0.2, 0.25) is 5.89 Å². The monoisotopic (exact) mass is 546 g/mol. The molecule has 0 radical (unpaired) electrons. The van der Waals surface area contributed by atoms with E-state index in [1.807, 2.05) is 91.0 Å². The van der Waals surface area contributed by atoms with Gasteiger partial charge in [-0.05, 0) is 37.6 Å². The summed E-state index contributed by atoms with van der Waals surface area (Å²) in [5.41, 5.74) is 5.29. The highest BCUT2D eigenvalue weighted by atomic mass is 16.4. The van der Waals surface area contributed by atoms with Gasteiger partial charge in [-0.25, -0.2) is 9.97 Å². The van der Waals surface area contributed by atoms with Crippen molar-refractivity contribution in [3.63, 3.8) is 0 Å². The largest absolute Gasteiger partial charge is 0.436 e. The quantitative estimate of drug-likeness (QED) is 0.200. The number of nitrogens with zero attached hydrogens (tertiary/aromatic N) is 3. The van der Waals surface area contributed by atoms with Crippen LogP contribution in [0, 0.1) is 0 Å². The average molecular weight is 547 g/mol. The molecule has 0 saturated carbocycles. The number of aromatic nitrogens is 2. The second-order valence-electron chi connectivity index (χ2n) is 9.64. The van der Waals surface area contributed by atoms with E-state index in [0.29, 0.717) is 28.6 Å². The molecular formula is C35H38N4O2. The number of anilines is 2. The first-order chi connectivity index (χ1) is 20.1.